The zero-order valence-electron chi connectivity index (χ0n) is 10.8. The molecule has 2 heterocycles. The van der Waals surface area contributed by atoms with Crippen molar-refractivity contribution in [2.75, 3.05) is 12.3 Å². The molecule has 2 aromatic rings. The van der Waals surface area contributed by atoms with E-state index in [1.54, 1.807) is 6.07 Å². The number of halogens is 2. The van der Waals surface area contributed by atoms with E-state index in [4.69, 9.17) is 17.3 Å². The van der Waals surface area contributed by atoms with Gasteiger partial charge in [0.15, 0.2) is 0 Å². The van der Waals surface area contributed by atoms with Crippen LogP contribution in [0.5, 0.6) is 0 Å². The molecule has 1 aliphatic rings. The van der Waals surface area contributed by atoms with E-state index >= 15 is 0 Å². The molecule has 104 valence electrons. The molecule has 0 radical (unpaired) electrons. The first kappa shape index (κ1) is 13.3. The topological polar surface area (TPSA) is 55.0 Å². The molecule has 0 unspecified atom stereocenters. The largest absolute Gasteiger partial charge is 0.383 e. The van der Waals surface area contributed by atoms with Gasteiger partial charge in [-0.25, -0.2) is 14.4 Å². The molecule has 0 fully saturated rings. The normalized spacial score (nSPS) is 15.1. The van der Waals surface area contributed by atoms with Crippen molar-refractivity contribution in [3.05, 3.63) is 52.2 Å². The van der Waals surface area contributed by atoms with Crippen LogP contribution in [0.4, 0.5) is 10.2 Å². The quantitative estimate of drug-likeness (QED) is 0.923. The molecule has 1 aromatic heterocycles. The maximum Gasteiger partial charge on any atom is 0.142 e. The second kappa shape index (κ2) is 5.34. The molecule has 6 heteroatoms. The lowest BCUT2D eigenvalue weighted by atomic mass is 10.0. The summed E-state index contributed by atoms with van der Waals surface area (Å²) < 4.78 is 13.4. The van der Waals surface area contributed by atoms with Gasteiger partial charge >= 0.3 is 0 Å². The summed E-state index contributed by atoms with van der Waals surface area (Å²) in [4.78, 5) is 10.5. The summed E-state index contributed by atoms with van der Waals surface area (Å²) in [5.41, 5.74) is 8.73. The first-order valence-corrected chi connectivity index (χ1v) is 6.76. The smallest absolute Gasteiger partial charge is 0.142 e. The fourth-order valence-electron chi connectivity index (χ4n) is 2.46. The van der Waals surface area contributed by atoms with Gasteiger partial charge < -0.3 is 5.73 Å². The fraction of sp³-hybridized carbons (Fsp3) is 0.286. The monoisotopic (exact) mass is 292 g/mol. The van der Waals surface area contributed by atoms with Gasteiger partial charge in [-0.3, -0.25) is 4.90 Å². The molecule has 4 nitrogen and oxygen atoms in total. The lowest BCUT2D eigenvalue weighted by molar-refractivity contribution is 0.241. The van der Waals surface area contributed by atoms with Crippen LogP contribution in [0, 0.1) is 5.82 Å². The van der Waals surface area contributed by atoms with Gasteiger partial charge in [0.1, 0.15) is 18.0 Å². The number of nitrogens with zero attached hydrogens (tertiary/aromatic N) is 3. The van der Waals surface area contributed by atoms with Gasteiger partial charge in [0.05, 0.1) is 10.7 Å². The average Bonchev–Trinajstić information content (AvgIpc) is 2.43. The Balaban J connectivity index is 1.76. The van der Waals surface area contributed by atoms with E-state index in [0.717, 1.165) is 29.8 Å². The number of nitrogens with two attached hydrogens (primary N) is 1. The van der Waals surface area contributed by atoms with Crippen LogP contribution in [0.3, 0.4) is 0 Å². The van der Waals surface area contributed by atoms with Crippen LogP contribution in [0.25, 0.3) is 0 Å². The summed E-state index contributed by atoms with van der Waals surface area (Å²) in [6.07, 6.45) is 2.30. The Kier molecular flexibility index (Phi) is 3.54. The third kappa shape index (κ3) is 2.59. The Hall–Kier alpha value is -1.72. The predicted octanol–water partition coefficient (Wildman–Crippen LogP) is 2.41. The number of benzene rings is 1. The van der Waals surface area contributed by atoms with Crippen molar-refractivity contribution in [1.29, 1.82) is 0 Å². The molecule has 0 bridgehead atoms. The summed E-state index contributed by atoms with van der Waals surface area (Å²) in [6, 6.07) is 4.91. The van der Waals surface area contributed by atoms with E-state index in [9.17, 15) is 4.39 Å². The number of nitrogen functional groups attached to an aromatic ring is 1. The number of aromatic nitrogens is 2. The molecule has 1 aromatic carbocycles. The van der Waals surface area contributed by atoms with Gasteiger partial charge in [0.25, 0.3) is 0 Å². The van der Waals surface area contributed by atoms with Crippen LogP contribution in [0.1, 0.15) is 16.8 Å². The zero-order chi connectivity index (χ0) is 14.1. The Morgan fingerprint density at radius 3 is 3.00 bits per heavy atom. The highest BCUT2D eigenvalue weighted by molar-refractivity contribution is 6.30. The summed E-state index contributed by atoms with van der Waals surface area (Å²) in [5, 5.41) is 0.151. The highest BCUT2D eigenvalue weighted by atomic mass is 35.5. The summed E-state index contributed by atoms with van der Waals surface area (Å²) >= 11 is 5.69. The highest BCUT2D eigenvalue weighted by Gasteiger charge is 2.20. The van der Waals surface area contributed by atoms with Gasteiger partial charge in [0, 0.05) is 25.2 Å². The Labute approximate surface area is 121 Å². The number of rotatable bonds is 2. The van der Waals surface area contributed by atoms with E-state index in [1.165, 1.54) is 12.4 Å². The lowest BCUT2D eigenvalue weighted by Gasteiger charge is -2.28. The van der Waals surface area contributed by atoms with Crippen LogP contribution < -0.4 is 5.73 Å². The van der Waals surface area contributed by atoms with Crippen molar-refractivity contribution in [3.8, 4) is 0 Å². The van der Waals surface area contributed by atoms with Crippen LogP contribution in [-0.2, 0) is 19.5 Å². The minimum atomic E-state index is -0.381. The van der Waals surface area contributed by atoms with E-state index in [0.29, 0.717) is 18.9 Å². The van der Waals surface area contributed by atoms with Crippen molar-refractivity contribution < 1.29 is 4.39 Å². The van der Waals surface area contributed by atoms with Crippen LogP contribution in [0.2, 0.25) is 5.02 Å². The molecule has 0 amide bonds. The number of hydrogen-bond acceptors (Lipinski definition) is 4. The maximum atomic E-state index is 13.4. The van der Waals surface area contributed by atoms with Crippen molar-refractivity contribution in [3.63, 3.8) is 0 Å². The number of anilines is 1. The Morgan fingerprint density at radius 2 is 2.20 bits per heavy atom. The fourth-order valence-corrected chi connectivity index (χ4v) is 2.58. The van der Waals surface area contributed by atoms with Gasteiger partial charge in [-0.05, 0) is 24.1 Å². The summed E-state index contributed by atoms with van der Waals surface area (Å²) in [5.74, 6) is 0.181. The molecule has 0 saturated heterocycles. The molecule has 0 saturated carbocycles. The van der Waals surface area contributed by atoms with E-state index in [-0.39, 0.29) is 10.8 Å². The molecule has 20 heavy (non-hydrogen) atoms. The predicted molar refractivity (Wildman–Crippen MR) is 75.7 cm³/mol. The van der Waals surface area contributed by atoms with Crippen LogP contribution >= 0.6 is 11.6 Å². The van der Waals surface area contributed by atoms with Crippen molar-refractivity contribution in [1.82, 2.24) is 14.9 Å². The molecule has 0 aliphatic carbocycles. The third-order valence-electron chi connectivity index (χ3n) is 3.51. The van der Waals surface area contributed by atoms with Crippen LogP contribution in [-0.4, -0.2) is 21.4 Å². The Morgan fingerprint density at radius 1 is 1.35 bits per heavy atom. The van der Waals surface area contributed by atoms with Gasteiger partial charge in [-0.1, -0.05) is 17.7 Å². The SMILES string of the molecule is Nc1ncnc2c1CCN(Cc1ccc(Cl)c(F)c1)C2. The number of fused-ring (bicyclic) bond motifs is 1. The minimum absolute atomic E-state index is 0.151. The molecule has 0 spiro atoms. The van der Waals surface area contributed by atoms with Crippen molar-refractivity contribution in [2.45, 2.75) is 19.5 Å². The summed E-state index contributed by atoms with van der Waals surface area (Å²) in [7, 11) is 0. The first-order chi connectivity index (χ1) is 9.63. The van der Waals surface area contributed by atoms with Crippen LogP contribution in [0.15, 0.2) is 24.5 Å². The van der Waals surface area contributed by atoms with Gasteiger partial charge in [0.2, 0.25) is 0 Å². The van der Waals surface area contributed by atoms with Gasteiger partial charge in [-0.2, -0.15) is 0 Å². The van der Waals surface area contributed by atoms with E-state index in [2.05, 4.69) is 14.9 Å². The zero-order valence-corrected chi connectivity index (χ0v) is 11.6. The average molecular weight is 293 g/mol. The molecular formula is C14H14ClFN4. The first-order valence-electron chi connectivity index (χ1n) is 6.38. The molecule has 3 rings (SSSR count). The maximum absolute atomic E-state index is 13.4. The van der Waals surface area contributed by atoms with E-state index in [1.807, 2.05) is 6.07 Å². The molecular weight excluding hydrogens is 279 g/mol. The molecule has 0 atom stereocenters. The lowest BCUT2D eigenvalue weighted by Crippen LogP contribution is -2.31. The number of hydrogen-bond donors (Lipinski definition) is 1. The third-order valence-corrected chi connectivity index (χ3v) is 3.82. The summed E-state index contributed by atoms with van der Waals surface area (Å²) in [6.45, 7) is 2.22. The van der Waals surface area contributed by atoms with E-state index < -0.39 is 0 Å². The second-order valence-electron chi connectivity index (χ2n) is 4.89. The van der Waals surface area contributed by atoms with Crippen molar-refractivity contribution >= 4 is 17.4 Å². The van der Waals surface area contributed by atoms with Crippen molar-refractivity contribution in [2.24, 2.45) is 0 Å². The van der Waals surface area contributed by atoms with Gasteiger partial charge in [-0.15, -0.1) is 0 Å². The Bertz CT molecular complexity index is 647. The standard InChI is InChI=1S/C14H14ClFN4/c15-11-2-1-9(5-12(11)16)6-20-4-3-10-13(7-20)18-8-19-14(10)17/h1-2,5,8H,3-4,6-7H2,(H2,17,18,19). The highest BCUT2D eigenvalue weighted by Crippen LogP contribution is 2.23. The molecule has 1 aliphatic heterocycles. The second-order valence-corrected chi connectivity index (χ2v) is 5.30. The molecule has 2 N–H and O–H groups in total. The minimum Gasteiger partial charge on any atom is -0.383 e.